The normalized spacial score (nSPS) is 10.1. The van der Waals surface area contributed by atoms with Crippen LogP contribution in [-0.4, -0.2) is 18.9 Å². The van der Waals surface area contributed by atoms with Gasteiger partial charge in [0.2, 0.25) is 0 Å². The lowest BCUT2D eigenvalue weighted by Crippen LogP contribution is -2.24. The van der Waals surface area contributed by atoms with Gasteiger partial charge in [0.05, 0.1) is 6.54 Å². The van der Waals surface area contributed by atoms with E-state index in [4.69, 9.17) is 6.42 Å². The Kier molecular flexibility index (Phi) is 6.41. The number of unbranched alkanes of at least 4 members (excludes halogenated alkanes) is 1. The van der Waals surface area contributed by atoms with Gasteiger partial charge in [0.15, 0.2) is 5.78 Å². The zero-order valence-electron chi connectivity index (χ0n) is 12.7. The van der Waals surface area contributed by atoms with E-state index in [1.807, 2.05) is 42.5 Å². The molecule has 2 aromatic rings. The average Bonchev–Trinajstić information content (AvgIpc) is 2.58. The van der Waals surface area contributed by atoms with Crippen LogP contribution in [0, 0.1) is 12.3 Å². The maximum absolute atomic E-state index is 11.9. The lowest BCUT2D eigenvalue weighted by atomic mass is 10.1. The van der Waals surface area contributed by atoms with E-state index in [0.717, 1.165) is 36.9 Å². The monoisotopic (exact) mass is 291 g/mol. The number of carbonyl (C=O) groups excluding carboxylic acids is 1. The number of benzene rings is 2. The van der Waals surface area contributed by atoms with Crippen molar-refractivity contribution < 1.29 is 4.79 Å². The third-order valence-corrected chi connectivity index (χ3v) is 3.54. The smallest absolute Gasteiger partial charge is 0.176 e. The number of ketones is 1. The maximum atomic E-state index is 11.9. The molecule has 0 radical (unpaired) electrons. The molecule has 2 nitrogen and oxygen atoms in total. The zero-order chi connectivity index (χ0) is 15.6. The molecular weight excluding hydrogens is 270 g/mol. The minimum absolute atomic E-state index is 0.141. The van der Waals surface area contributed by atoms with Gasteiger partial charge in [0.25, 0.3) is 0 Å². The first-order valence-electron chi connectivity index (χ1n) is 7.64. The third-order valence-electron chi connectivity index (χ3n) is 3.54. The summed E-state index contributed by atoms with van der Waals surface area (Å²) in [6.45, 7) is 1.25. The van der Waals surface area contributed by atoms with Gasteiger partial charge in [-0.05, 0) is 43.5 Å². The number of nitrogens with one attached hydrogen (secondary N) is 1. The number of terminal acetylenes is 1. The molecule has 2 aromatic carbocycles. The Morgan fingerprint density at radius 3 is 2.64 bits per heavy atom. The van der Waals surface area contributed by atoms with Crippen molar-refractivity contribution >= 4 is 5.78 Å². The molecule has 0 aliphatic carbocycles. The number of hydrogen-bond acceptors (Lipinski definition) is 2. The van der Waals surface area contributed by atoms with Crippen molar-refractivity contribution in [3.8, 4) is 12.3 Å². The fourth-order valence-electron chi connectivity index (χ4n) is 2.32. The fourth-order valence-corrected chi connectivity index (χ4v) is 2.32. The predicted molar refractivity (Wildman–Crippen MR) is 91.0 cm³/mol. The minimum atomic E-state index is 0.141. The molecule has 0 unspecified atom stereocenters. The Hall–Kier alpha value is -2.37. The van der Waals surface area contributed by atoms with Crippen molar-refractivity contribution in [3.05, 3.63) is 71.3 Å². The topological polar surface area (TPSA) is 29.1 Å². The first-order chi connectivity index (χ1) is 10.8. The van der Waals surface area contributed by atoms with E-state index in [1.165, 1.54) is 5.56 Å². The molecule has 2 heteroatoms. The second-order valence-electron chi connectivity index (χ2n) is 5.27. The number of rotatable bonds is 8. The quantitative estimate of drug-likeness (QED) is 0.458. The highest BCUT2D eigenvalue weighted by atomic mass is 16.1. The van der Waals surface area contributed by atoms with Crippen LogP contribution in [0.15, 0.2) is 54.6 Å². The van der Waals surface area contributed by atoms with Gasteiger partial charge in [-0.25, -0.2) is 0 Å². The van der Waals surface area contributed by atoms with E-state index in [1.54, 1.807) is 0 Å². The molecule has 0 heterocycles. The lowest BCUT2D eigenvalue weighted by molar-refractivity contribution is 0.0991. The van der Waals surface area contributed by atoms with E-state index in [2.05, 4.69) is 23.4 Å². The van der Waals surface area contributed by atoms with Gasteiger partial charge in [-0.15, -0.1) is 6.42 Å². The molecule has 0 aliphatic heterocycles. The molecule has 0 atom stereocenters. The Morgan fingerprint density at radius 1 is 1.05 bits per heavy atom. The Balaban J connectivity index is 1.62. The molecule has 0 bridgehead atoms. The number of aryl methyl sites for hydroxylation is 1. The summed E-state index contributed by atoms with van der Waals surface area (Å²) in [4.78, 5) is 11.9. The van der Waals surface area contributed by atoms with Gasteiger partial charge in [0, 0.05) is 11.1 Å². The van der Waals surface area contributed by atoms with Crippen molar-refractivity contribution in [3.63, 3.8) is 0 Å². The molecule has 0 saturated carbocycles. The minimum Gasteiger partial charge on any atom is -0.310 e. The lowest BCUT2D eigenvalue weighted by Gasteiger charge is -2.05. The standard InChI is InChI=1S/C20H21NO/c1-2-17-10-8-11-18(15-17)9-6-7-14-21-16-20(22)19-12-4-3-5-13-19/h1,3-5,8,10-13,15,21H,6-7,9,14,16H2. The van der Waals surface area contributed by atoms with Gasteiger partial charge in [0.1, 0.15) is 0 Å². The van der Waals surface area contributed by atoms with E-state index >= 15 is 0 Å². The van der Waals surface area contributed by atoms with E-state index in [0.29, 0.717) is 6.54 Å². The van der Waals surface area contributed by atoms with Gasteiger partial charge in [-0.1, -0.05) is 48.4 Å². The molecule has 0 spiro atoms. The molecule has 112 valence electrons. The molecular formula is C20H21NO. The van der Waals surface area contributed by atoms with Crippen LogP contribution in [0.1, 0.15) is 34.3 Å². The summed E-state index contributed by atoms with van der Waals surface area (Å²) < 4.78 is 0. The summed E-state index contributed by atoms with van der Waals surface area (Å²) in [5.74, 6) is 2.80. The number of carbonyl (C=O) groups is 1. The summed E-state index contributed by atoms with van der Waals surface area (Å²) in [6, 6.07) is 17.5. The summed E-state index contributed by atoms with van der Waals surface area (Å²) in [7, 11) is 0. The van der Waals surface area contributed by atoms with Crippen molar-refractivity contribution in [2.24, 2.45) is 0 Å². The summed E-state index contributed by atoms with van der Waals surface area (Å²) >= 11 is 0. The molecule has 2 rings (SSSR count). The SMILES string of the molecule is C#Cc1cccc(CCCCNCC(=O)c2ccccc2)c1. The van der Waals surface area contributed by atoms with Crippen LogP contribution in [0.3, 0.4) is 0 Å². The van der Waals surface area contributed by atoms with E-state index in [9.17, 15) is 4.79 Å². The van der Waals surface area contributed by atoms with Crippen LogP contribution in [0.5, 0.6) is 0 Å². The highest BCUT2D eigenvalue weighted by molar-refractivity contribution is 5.97. The second-order valence-corrected chi connectivity index (χ2v) is 5.27. The summed E-state index contributed by atoms with van der Waals surface area (Å²) in [5, 5.41) is 3.21. The maximum Gasteiger partial charge on any atom is 0.176 e. The molecule has 1 N–H and O–H groups in total. The molecule has 0 amide bonds. The van der Waals surface area contributed by atoms with Gasteiger partial charge in [-0.3, -0.25) is 4.79 Å². The van der Waals surface area contributed by atoms with Crippen LogP contribution in [0.25, 0.3) is 0 Å². The molecule has 0 fully saturated rings. The summed E-state index contributed by atoms with van der Waals surface area (Å²) in [5.41, 5.74) is 2.97. The Bertz CT molecular complexity index is 640. The zero-order valence-corrected chi connectivity index (χ0v) is 12.7. The van der Waals surface area contributed by atoms with Gasteiger partial charge in [-0.2, -0.15) is 0 Å². The van der Waals surface area contributed by atoms with Gasteiger partial charge < -0.3 is 5.32 Å². The van der Waals surface area contributed by atoms with Crippen molar-refractivity contribution in [1.29, 1.82) is 0 Å². The van der Waals surface area contributed by atoms with Crippen molar-refractivity contribution in [2.45, 2.75) is 19.3 Å². The number of Topliss-reactive ketones (excluding diaryl/α,β-unsaturated/α-hetero) is 1. The molecule has 0 aliphatic rings. The fraction of sp³-hybridized carbons (Fsp3) is 0.250. The van der Waals surface area contributed by atoms with Gasteiger partial charge >= 0.3 is 0 Å². The third kappa shape index (κ3) is 5.20. The molecule has 22 heavy (non-hydrogen) atoms. The molecule has 0 aromatic heterocycles. The first-order valence-corrected chi connectivity index (χ1v) is 7.64. The highest BCUT2D eigenvalue weighted by Gasteiger charge is 2.03. The van der Waals surface area contributed by atoms with Crippen LogP contribution < -0.4 is 5.32 Å². The van der Waals surface area contributed by atoms with E-state index < -0.39 is 0 Å². The summed E-state index contributed by atoms with van der Waals surface area (Å²) in [6.07, 6.45) is 8.54. The van der Waals surface area contributed by atoms with Crippen LogP contribution in [0.4, 0.5) is 0 Å². The average molecular weight is 291 g/mol. The molecule has 0 saturated heterocycles. The second kappa shape index (κ2) is 8.81. The van der Waals surface area contributed by atoms with Crippen LogP contribution in [-0.2, 0) is 6.42 Å². The highest BCUT2D eigenvalue weighted by Crippen LogP contribution is 2.07. The predicted octanol–water partition coefficient (Wildman–Crippen LogP) is 3.46. The van der Waals surface area contributed by atoms with E-state index in [-0.39, 0.29) is 5.78 Å². The first kappa shape index (κ1) is 16.0. The van der Waals surface area contributed by atoms with Crippen LogP contribution in [0.2, 0.25) is 0 Å². The Morgan fingerprint density at radius 2 is 1.86 bits per heavy atom. The Labute approximate surface area is 132 Å². The van der Waals surface area contributed by atoms with Crippen molar-refractivity contribution in [1.82, 2.24) is 5.32 Å². The van der Waals surface area contributed by atoms with Crippen molar-refractivity contribution in [2.75, 3.05) is 13.1 Å². The largest absolute Gasteiger partial charge is 0.310 e. The van der Waals surface area contributed by atoms with Crippen LogP contribution >= 0.6 is 0 Å². The number of hydrogen-bond donors (Lipinski definition) is 1.